The number of carbonyl (C=O) groups excluding carboxylic acids is 1. The standard InChI is InChI=1S/C22H25N5O/c28-22(20-6-3-12-27(20)19-7-8-19)26-11-2-5-18(16-26)21-24-10-13-25(21)15-17-4-1-9-23-14-17/h1,3-4,6,9-10,12-14,18-19H,2,5,7-8,11,15-16H2/t18-/m1/s1. The molecule has 4 heterocycles. The van der Waals surface area contributed by atoms with Crippen LogP contribution in [0.3, 0.4) is 0 Å². The van der Waals surface area contributed by atoms with Crippen LogP contribution in [0.2, 0.25) is 0 Å². The van der Waals surface area contributed by atoms with Crippen molar-refractivity contribution < 1.29 is 4.79 Å². The Hall–Kier alpha value is -2.89. The van der Waals surface area contributed by atoms with Gasteiger partial charge in [-0.3, -0.25) is 9.78 Å². The van der Waals surface area contributed by atoms with Crippen LogP contribution in [0.15, 0.2) is 55.2 Å². The lowest BCUT2D eigenvalue weighted by molar-refractivity contribution is 0.0692. The maximum Gasteiger partial charge on any atom is 0.270 e. The Morgan fingerprint density at radius 3 is 2.86 bits per heavy atom. The third-order valence-electron chi connectivity index (χ3n) is 5.84. The molecule has 144 valence electrons. The molecule has 0 radical (unpaired) electrons. The van der Waals surface area contributed by atoms with Gasteiger partial charge in [0.15, 0.2) is 0 Å². The van der Waals surface area contributed by atoms with Crippen molar-refractivity contribution in [2.75, 3.05) is 13.1 Å². The van der Waals surface area contributed by atoms with Gasteiger partial charge in [0, 0.05) is 56.0 Å². The van der Waals surface area contributed by atoms with E-state index in [1.807, 2.05) is 47.9 Å². The van der Waals surface area contributed by atoms with Crippen molar-refractivity contribution in [1.29, 1.82) is 0 Å². The molecule has 1 saturated carbocycles. The van der Waals surface area contributed by atoms with Gasteiger partial charge in [-0.05, 0) is 49.4 Å². The molecule has 1 amide bonds. The summed E-state index contributed by atoms with van der Waals surface area (Å²) in [6, 6.07) is 8.52. The molecule has 6 nitrogen and oxygen atoms in total. The van der Waals surface area contributed by atoms with E-state index in [9.17, 15) is 4.79 Å². The van der Waals surface area contributed by atoms with Crippen molar-refractivity contribution >= 4 is 5.91 Å². The van der Waals surface area contributed by atoms with Crippen LogP contribution in [0.4, 0.5) is 0 Å². The van der Waals surface area contributed by atoms with Crippen LogP contribution in [0.25, 0.3) is 0 Å². The lowest BCUT2D eigenvalue weighted by atomic mass is 9.96. The van der Waals surface area contributed by atoms with Gasteiger partial charge in [0.1, 0.15) is 11.5 Å². The van der Waals surface area contributed by atoms with Gasteiger partial charge in [0.2, 0.25) is 0 Å². The summed E-state index contributed by atoms with van der Waals surface area (Å²) in [5.41, 5.74) is 2.00. The average Bonchev–Trinajstić information content (AvgIpc) is 3.28. The average molecular weight is 375 g/mol. The Balaban J connectivity index is 1.33. The number of likely N-dealkylation sites (tertiary alicyclic amines) is 1. The van der Waals surface area contributed by atoms with E-state index in [0.717, 1.165) is 49.6 Å². The highest BCUT2D eigenvalue weighted by molar-refractivity contribution is 5.93. The Kier molecular flexibility index (Phi) is 4.47. The molecule has 1 atom stereocenters. The van der Waals surface area contributed by atoms with E-state index in [-0.39, 0.29) is 11.8 Å². The van der Waals surface area contributed by atoms with Crippen LogP contribution in [0.1, 0.15) is 59.5 Å². The molecule has 6 heteroatoms. The number of hydrogen-bond donors (Lipinski definition) is 0. The first-order chi connectivity index (χ1) is 13.8. The fraction of sp³-hybridized carbons (Fsp3) is 0.409. The summed E-state index contributed by atoms with van der Waals surface area (Å²) in [5.74, 6) is 1.50. The predicted octanol–water partition coefficient (Wildman–Crippen LogP) is 3.48. The highest BCUT2D eigenvalue weighted by Crippen LogP contribution is 2.36. The highest BCUT2D eigenvalue weighted by Gasteiger charge is 2.32. The molecule has 2 aliphatic rings. The van der Waals surface area contributed by atoms with E-state index >= 15 is 0 Å². The van der Waals surface area contributed by atoms with E-state index in [2.05, 4.69) is 25.2 Å². The monoisotopic (exact) mass is 375 g/mol. The molecular weight excluding hydrogens is 350 g/mol. The topological polar surface area (TPSA) is 56.0 Å². The second-order valence-electron chi connectivity index (χ2n) is 7.90. The Morgan fingerprint density at radius 1 is 1.11 bits per heavy atom. The van der Waals surface area contributed by atoms with Gasteiger partial charge < -0.3 is 14.0 Å². The molecule has 3 aromatic heterocycles. The third-order valence-corrected chi connectivity index (χ3v) is 5.84. The maximum atomic E-state index is 13.2. The van der Waals surface area contributed by atoms with Crippen molar-refractivity contribution in [3.8, 4) is 0 Å². The molecular formula is C22H25N5O. The SMILES string of the molecule is O=C(c1cccn1C1CC1)N1CCC[C@@H](c2nccn2Cc2cccnc2)C1. The summed E-state index contributed by atoms with van der Waals surface area (Å²) in [4.78, 5) is 24.1. The van der Waals surface area contributed by atoms with Gasteiger partial charge >= 0.3 is 0 Å². The Bertz CT molecular complexity index is 956. The number of rotatable bonds is 5. The predicted molar refractivity (Wildman–Crippen MR) is 106 cm³/mol. The van der Waals surface area contributed by atoms with Crippen LogP contribution < -0.4 is 0 Å². The summed E-state index contributed by atoms with van der Waals surface area (Å²) in [6.07, 6.45) is 14.1. The molecule has 2 fully saturated rings. The number of imidazole rings is 1. The van der Waals surface area contributed by atoms with E-state index < -0.39 is 0 Å². The number of piperidine rings is 1. The fourth-order valence-corrected chi connectivity index (χ4v) is 4.28. The summed E-state index contributed by atoms with van der Waals surface area (Å²) in [5, 5.41) is 0. The van der Waals surface area contributed by atoms with Gasteiger partial charge in [-0.2, -0.15) is 0 Å². The van der Waals surface area contributed by atoms with Crippen molar-refractivity contribution in [1.82, 2.24) is 24.0 Å². The molecule has 0 N–H and O–H groups in total. The number of pyridine rings is 1. The normalized spacial score (nSPS) is 19.7. The van der Waals surface area contributed by atoms with Crippen molar-refractivity contribution in [2.45, 2.75) is 44.2 Å². The molecule has 0 bridgehead atoms. The molecule has 28 heavy (non-hydrogen) atoms. The van der Waals surface area contributed by atoms with Gasteiger partial charge in [0.05, 0.1) is 6.54 Å². The lowest BCUT2D eigenvalue weighted by Crippen LogP contribution is -2.40. The van der Waals surface area contributed by atoms with Gasteiger partial charge in [-0.1, -0.05) is 6.07 Å². The minimum atomic E-state index is 0.159. The van der Waals surface area contributed by atoms with E-state index in [1.54, 1.807) is 6.20 Å². The van der Waals surface area contributed by atoms with Crippen molar-refractivity contribution in [2.24, 2.45) is 0 Å². The zero-order valence-corrected chi connectivity index (χ0v) is 15.9. The number of carbonyl (C=O) groups is 1. The number of nitrogens with zero attached hydrogens (tertiary/aromatic N) is 5. The molecule has 0 spiro atoms. The molecule has 5 rings (SSSR count). The molecule has 1 saturated heterocycles. The second kappa shape index (κ2) is 7.26. The van der Waals surface area contributed by atoms with Crippen molar-refractivity contribution in [3.63, 3.8) is 0 Å². The zero-order valence-electron chi connectivity index (χ0n) is 15.9. The van der Waals surface area contributed by atoms with Crippen LogP contribution in [-0.2, 0) is 6.54 Å². The Morgan fingerprint density at radius 2 is 2.04 bits per heavy atom. The molecule has 1 aliphatic heterocycles. The van der Waals surface area contributed by atoms with Crippen LogP contribution in [0.5, 0.6) is 0 Å². The largest absolute Gasteiger partial charge is 0.340 e. The minimum Gasteiger partial charge on any atom is -0.340 e. The smallest absolute Gasteiger partial charge is 0.270 e. The molecule has 0 unspecified atom stereocenters. The maximum absolute atomic E-state index is 13.2. The van der Waals surface area contributed by atoms with E-state index in [4.69, 9.17) is 0 Å². The second-order valence-corrected chi connectivity index (χ2v) is 7.90. The van der Waals surface area contributed by atoms with Crippen LogP contribution >= 0.6 is 0 Å². The van der Waals surface area contributed by atoms with Gasteiger partial charge in [-0.25, -0.2) is 4.98 Å². The summed E-state index contributed by atoms with van der Waals surface area (Å²) in [6.45, 7) is 2.32. The number of hydrogen-bond acceptors (Lipinski definition) is 3. The Labute approximate surface area is 164 Å². The highest BCUT2D eigenvalue weighted by atomic mass is 16.2. The quantitative estimate of drug-likeness (QED) is 0.686. The van der Waals surface area contributed by atoms with Gasteiger partial charge in [0.25, 0.3) is 5.91 Å². The summed E-state index contributed by atoms with van der Waals surface area (Å²) >= 11 is 0. The summed E-state index contributed by atoms with van der Waals surface area (Å²) in [7, 11) is 0. The molecule has 1 aliphatic carbocycles. The third kappa shape index (κ3) is 3.35. The van der Waals surface area contributed by atoms with Crippen molar-refractivity contribution in [3.05, 3.63) is 72.3 Å². The number of aromatic nitrogens is 4. The van der Waals surface area contributed by atoms with Gasteiger partial charge in [-0.15, -0.1) is 0 Å². The fourth-order valence-electron chi connectivity index (χ4n) is 4.28. The first-order valence-corrected chi connectivity index (χ1v) is 10.2. The minimum absolute atomic E-state index is 0.159. The van der Waals surface area contributed by atoms with E-state index in [1.165, 1.54) is 12.8 Å². The zero-order chi connectivity index (χ0) is 18.9. The summed E-state index contributed by atoms with van der Waals surface area (Å²) < 4.78 is 4.36. The molecule has 3 aromatic rings. The first-order valence-electron chi connectivity index (χ1n) is 10.2. The van der Waals surface area contributed by atoms with Crippen LogP contribution in [-0.4, -0.2) is 43.0 Å². The van der Waals surface area contributed by atoms with E-state index in [0.29, 0.717) is 6.04 Å². The van der Waals surface area contributed by atoms with Crippen LogP contribution in [0, 0.1) is 0 Å². The first kappa shape index (κ1) is 17.2. The number of amides is 1. The molecule has 0 aromatic carbocycles. The lowest BCUT2D eigenvalue weighted by Gasteiger charge is -2.33.